The van der Waals surface area contributed by atoms with Crippen molar-refractivity contribution in [3.05, 3.63) is 34.8 Å². The summed E-state index contributed by atoms with van der Waals surface area (Å²) in [5, 5.41) is 9.77. The third-order valence-corrected chi connectivity index (χ3v) is 4.34. The highest BCUT2D eigenvalue weighted by molar-refractivity contribution is 5.76. The lowest BCUT2D eigenvalue weighted by Crippen LogP contribution is -2.50. The zero-order valence-corrected chi connectivity index (χ0v) is 13.0. The molecule has 7 nitrogen and oxygen atoms in total. The van der Waals surface area contributed by atoms with Crippen LogP contribution in [0, 0.1) is 0 Å². The van der Waals surface area contributed by atoms with Crippen LogP contribution in [0.25, 0.3) is 11.1 Å². The van der Waals surface area contributed by atoms with Crippen molar-refractivity contribution in [1.29, 1.82) is 0 Å². The second-order valence-electron chi connectivity index (χ2n) is 5.74. The monoisotopic (exact) mass is 320 g/mol. The molecule has 0 amide bonds. The van der Waals surface area contributed by atoms with Gasteiger partial charge < -0.3 is 14.3 Å². The van der Waals surface area contributed by atoms with Gasteiger partial charge >= 0.3 is 11.7 Å². The number of hydrogen-bond acceptors (Lipinski definition) is 6. The van der Waals surface area contributed by atoms with E-state index in [0.717, 1.165) is 5.52 Å². The van der Waals surface area contributed by atoms with Gasteiger partial charge in [-0.25, -0.2) is 4.79 Å². The van der Waals surface area contributed by atoms with Crippen LogP contribution in [0.4, 0.5) is 0 Å². The molecular weight excluding hydrogens is 300 g/mol. The molecule has 2 heterocycles. The van der Waals surface area contributed by atoms with E-state index in [-0.39, 0.29) is 5.97 Å². The van der Waals surface area contributed by atoms with Gasteiger partial charge in [0.15, 0.2) is 5.58 Å². The van der Waals surface area contributed by atoms with Crippen LogP contribution in [0.1, 0.15) is 12.8 Å². The summed E-state index contributed by atoms with van der Waals surface area (Å²) in [6, 6.07) is 6.77. The predicted octanol–water partition coefficient (Wildman–Crippen LogP) is 0.593. The summed E-state index contributed by atoms with van der Waals surface area (Å²) in [6.07, 6.45) is 0.468. The van der Waals surface area contributed by atoms with Crippen LogP contribution in [0.2, 0.25) is 0 Å². The fourth-order valence-electron chi connectivity index (χ4n) is 3.10. The summed E-state index contributed by atoms with van der Waals surface area (Å²) in [5.74, 6) is -0.758. The lowest BCUT2D eigenvalue weighted by atomic mass is 9.99. The molecular formula is C16H20N2O5. The number of ether oxygens (including phenoxy) is 1. The summed E-state index contributed by atoms with van der Waals surface area (Å²) in [5.41, 5.74) is 1.29. The van der Waals surface area contributed by atoms with Crippen molar-refractivity contribution in [3.63, 3.8) is 0 Å². The Bertz CT molecular complexity index is 750. The number of carbonyl (C=O) groups excluding carboxylic acids is 1. The number of rotatable bonds is 4. The Hall–Kier alpha value is -2.12. The van der Waals surface area contributed by atoms with Crippen LogP contribution in [0.5, 0.6) is 0 Å². The van der Waals surface area contributed by atoms with Gasteiger partial charge in [-0.15, -0.1) is 0 Å². The number of methoxy groups -OCH3 is 1. The maximum Gasteiger partial charge on any atom is 0.419 e. The molecule has 0 saturated carbocycles. The van der Waals surface area contributed by atoms with E-state index in [1.54, 1.807) is 10.6 Å². The Morgan fingerprint density at radius 3 is 2.96 bits per heavy atom. The minimum Gasteiger partial charge on any atom is -0.468 e. The van der Waals surface area contributed by atoms with Crippen molar-refractivity contribution in [2.24, 2.45) is 0 Å². The van der Waals surface area contributed by atoms with Crippen molar-refractivity contribution in [1.82, 2.24) is 9.47 Å². The first kappa shape index (κ1) is 15.8. The van der Waals surface area contributed by atoms with Crippen molar-refractivity contribution in [3.8, 4) is 0 Å². The summed E-state index contributed by atoms with van der Waals surface area (Å²) in [4.78, 5) is 25.8. The number of hydrogen-bond donors (Lipinski definition) is 1. The van der Waals surface area contributed by atoms with Crippen molar-refractivity contribution in [2.45, 2.75) is 31.5 Å². The third-order valence-electron chi connectivity index (χ3n) is 4.34. The maximum atomic E-state index is 12.0. The smallest absolute Gasteiger partial charge is 0.419 e. The lowest BCUT2D eigenvalue weighted by molar-refractivity contribution is -0.150. The average Bonchev–Trinajstić information content (AvgIpc) is 2.88. The van der Waals surface area contributed by atoms with Crippen LogP contribution in [-0.2, 0) is 16.1 Å². The van der Waals surface area contributed by atoms with E-state index >= 15 is 0 Å². The molecule has 0 unspecified atom stereocenters. The molecule has 1 fully saturated rings. The van der Waals surface area contributed by atoms with Gasteiger partial charge in [-0.3, -0.25) is 14.3 Å². The van der Waals surface area contributed by atoms with Crippen LogP contribution in [0.15, 0.2) is 33.5 Å². The van der Waals surface area contributed by atoms with E-state index < -0.39 is 17.9 Å². The van der Waals surface area contributed by atoms with Gasteiger partial charge in [0.1, 0.15) is 6.04 Å². The number of aliphatic hydroxyl groups is 1. The molecule has 1 saturated heterocycles. The lowest BCUT2D eigenvalue weighted by Gasteiger charge is -2.35. The molecule has 0 radical (unpaired) electrons. The summed E-state index contributed by atoms with van der Waals surface area (Å²) < 4.78 is 11.6. The van der Waals surface area contributed by atoms with Gasteiger partial charge in [0.25, 0.3) is 0 Å². The standard InChI is InChI=1S/C16H20N2O5/c1-22-15(20)13-10-11(19)6-7-17(13)8-9-18-12-4-2-3-5-14(12)23-16(18)21/h2-5,11,13,19H,6-10H2,1H3/t11-,13+/m0/s1. The zero-order valence-electron chi connectivity index (χ0n) is 13.0. The normalized spacial score (nSPS) is 22.3. The quantitative estimate of drug-likeness (QED) is 0.830. The second kappa shape index (κ2) is 6.55. The molecule has 1 aliphatic heterocycles. The molecule has 1 aliphatic rings. The van der Waals surface area contributed by atoms with E-state index in [9.17, 15) is 14.7 Å². The topological polar surface area (TPSA) is 84.9 Å². The highest BCUT2D eigenvalue weighted by Gasteiger charge is 2.33. The predicted molar refractivity (Wildman–Crippen MR) is 83.1 cm³/mol. The van der Waals surface area contributed by atoms with Gasteiger partial charge in [0, 0.05) is 19.6 Å². The fourth-order valence-corrected chi connectivity index (χ4v) is 3.10. The summed E-state index contributed by atoms with van der Waals surface area (Å²) in [7, 11) is 1.34. The second-order valence-corrected chi connectivity index (χ2v) is 5.74. The summed E-state index contributed by atoms with van der Waals surface area (Å²) >= 11 is 0. The molecule has 3 rings (SSSR count). The highest BCUT2D eigenvalue weighted by Crippen LogP contribution is 2.19. The van der Waals surface area contributed by atoms with E-state index in [0.29, 0.717) is 38.1 Å². The number of nitrogens with zero attached hydrogens (tertiary/aromatic N) is 2. The molecule has 0 bridgehead atoms. The van der Waals surface area contributed by atoms with Crippen molar-refractivity contribution >= 4 is 17.1 Å². The molecule has 7 heteroatoms. The molecule has 0 spiro atoms. The summed E-state index contributed by atoms with van der Waals surface area (Å²) in [6.45, 7) is 1.51. The molecule has 1 aromatic carbocycles. The SMILES string of the molecule is COC(=O)[C@H]1C[C@@H](O)CCN1CCn1c(=O)oc2ccccc21. The number of aromatic nitrogens is 1. The Labute approximate surface area is 133 Å². The first-order valence-electron chi connectivity index (χ1n) is 7.68. The van der Waals surface area contributed by atoms with Crippen LogP contribution < -0.4 is 5.76 Å². The number of carbonyl (C=O) groups is 1. The van der Waals surface area contributed by atoms with Gasteiger partial charge in [0.05, 0.1) is 18.7 Å². The van der Waals surface area contributed by atoms with E-state index in [2.05, 4.69) is 0 Å². The largest absolute Gasteiger partial charge is 0.468 e. The van der Waals surface area contributed by atoms with Crippen LogP contribution in [0.3, 0.4) is 0 Å². The number of para-hydroxylation sites is 2. The number of esters is 1. The Morgan fingerprint density at radius 1 is 1.39 bits per heavy atom. The number of benzene rings is 1. The van der Waals surface area contributed by atoms with Crippen molar-refractivity contribution in [2.75, 3.05) is 20.2 Å². The number of aliphatic hydroxyl groups excluding tert-OH is 1. The molecule has 1 aromatic heterocycles. The highest BCUT2D eigenvalue weighted by atomic mass is 16.5. The first-order valence-corrected chi connectivity index (χ1v) is 7.68. The maximum absolute atomic E-state index is 12.0. The molecule has 0 aliphatic carbocycles. The Balaban J connectivity index is 1.76. The third kappa shape index (κ3) is 3.16. The number of fused-ring (bicyclic) bond motifs is 1. The van der Waals surface area contributed by atoms with E-state index in [4.69, 9.17) is 9.15 Å². The zero-order chi connectivity index (χ0) is 16.4. The molecule has 23 heavy (non-hydrogen) atoms. The van der Waals surface area contributed by atoms with Gasteiger partial charge in [-0.1, -0.05) is 12.1 Å². The molecule has 124 valence electrons. The Kier molecular flexibility index (Phi) is 4.49. The minimum atomic E-state index is -0.493. The van der Waals surface area contributed by atoms with Gasteiger partial charge in [-0.05, 0) is 25.0 Å². The fraction of sp³-hybridized carbons (Fsp3) is 0.500. The van der Waals surface area contributed by atoms with E-state index in [1.165, 1.54) is 7.11 Å². The van der Waals surface area contributed by atoms with Crippen molar-refractivity contribution < 1.29 is 19.1 Å². The molecule has 2 aromatic rings. The number of piperidine rings is 1. The minimum absolute atomic E-state index is 0.354. The van der Waals surface area contributed by atoms with Crippen LogP contribution in [-0.4, -0.2) is 52.9 Å². The first-order chi connectivity index (χ1) is 11.1. The van der Waals surface area contributed by atoms with E-state index in [1.807, 2.05) is 23.1 Å². The van der Waals surface area contributed by atoms with Gasteiger partial charge in [0.2, 0.25) is 0 Å². The average molecular weight is 320 g/mol. The Morgan fingerprint density at radius 2 is 2.17 bits per heavy atom. The number of oxazole rings is 1. The number of likely N-dealkylation sites (tertiary alicyclic amines) is 1. The van der Waals surface area contributed by atoms with Crippen LogP contribution >= 0.6 is 0 Å². The van der Waals surface area contributed by atoms with Gasteiger partial charge in [-0.2, -0.15) is 0 Å². The molecule has 2 atom stereocenters. The molecule has 1 N–H and O–H groups in total.